The number of hydrogen-bond acceptors (Lipinski definition) is 5. The van der Waals surface area contributed by atoms with Gasteiger partial charge in [-0.3, -0.25) is 19.4 Å². The average molecular weight is 609 g/mol. The first-order valence-corrected chi connectivity index (χ1v) is 17.8. The van der Waals surface area contributed by atoms with E-state index in [2.05, 4.69) is 0 Å². The molecule has 2 amide bonds. The Bertz CT molecular complexity index is 1780. The fourth-order valence-electron chi connectivity index (χ4n) is 7.40. The van der Waals surface area contributed by atoms with E-state index < -0.39 is 31.6 Å². The highest BCUT2D eigenvalue weighted by atomic mass is 28.4. The maximum Gasteiger partial charge on any atom is 0.268 e. The predicted molar refractivity (Wildman–Crippen MR) is 169 cm³/mol. The quantitative estimate of drug-likeness (QED) is 0.186. The summed E-state index contributed by atoms with van der Waals surface area (Å²) in [5.74, 6) is -0.146. The summed E-state index contributed by atoms with van der Waals surface area (Å²) in [6.07, 6.45) is -0.421. The lowest BCUT2D eigenvalue weighted by molar-refractivity contribution is -0.145. The number of nitrogens with zero attached hydrogens (tertiary/aromatic N) is 2. The maximum absolute atomic E-state index is 16.0. The van der Waals surface area contributed by atoms with Crippen molar-refractivity contribution < 1.29 is 28.3 Å². The summed E-state index contributed by atoms with van der Waals surface area (Å²) < 4.78 is 29.0. The molecular formula is C35H33FN2O5Si. The number of hydrogen-bond donors (Lipinski definition) is 1. The highest BCUT2D eigenvalue weighted by Crippen LogP contribution is 2.61. The van der Waals surface area contributed by atoms with Crippen LogP contribution >= 0.6 is 0 Å². The number of aliphatic hydroxyl groups is 1. The first kappa shape index (κ1) is 28.5. The number of amides is 2. The Morgan fingerprint density at radius 1 is 0.841 bits per heavy atom. The Kier molecular flexibility index (Phi) is 6.73. The Morgan fingerprint density at radius 3 is 2.25 bits per heavy atom. The number of fused-ring (bicyclic) bond motifs is 4. The molecule has 1 fully saturated rings. The van der Waals surface area contributed by atoms with Gasteiger partial charge in [0.05, 0.1) is 23.0 Å². The SMILES string of the molecule is C[C@@H]1[C@@H]([Si](C)(C)F)[C@H](CCO)O[C@@]12C(=O)N(c1ccccc1)c1ccc(N3C(=O)c4ccccc4Oc4ccccc43)cc12. The van der Waals surface area contributed by atoms with Gasteiger partial charge in [0.15, 0.2) is 11.4 Å². The predicted octanol–water partition coefficient (Wildman–Crippen LogP) is 7.61. The molecule has 4 aromatic carbocycles. The molecule has 1 spiro atoms. The Morgan fingerprint density at radius 2 is 1.52 bits per heavy atom. The zero-order chi connectivity index (χ0) is 30.8. The van der Waals surface area contributed by atoms with Crippen LogP contribution in [0.15, 0.2) is 97.1 Å². The zero-order valence-corrected chi connectivity index (χ0v) is 25.7. The molecule has 1 saturated heterocycles. The maximum atomic E-state index is 16.0. The summed E-state index contributed by atoms with van der Waals surface area (Å²) in [7, 11) is -3.37. The summed E-state index contributed by atoms with van der Waals surface area (Å²) in [6, 6.07) is 29.2. The normalized spacial score (nSPS) is 24.2. The molecule has 4 atom stereocenters. The van der Waals surface area contributed by atoms with Gasteiger partial charge in [0.2, 0.25) is 8.41 Å². The van der Waals surface area contributed by atoms with Gasteiger partial charge in [-0.2, -0.15) is 0 Å². The van der Waals surface area contributed by atoms with Crippen molar-refractivity contribution in [2.45, 2.75) is 43.7 Å². The molecule has 0 unspecified atom stereocenters. The van der Waals surface area contributed by atoms with Crippen molar-refractivity contribution in [1.82, 2.24) is 0 Å². The van der Waals surface area contributed by atoms with Crippen LogP contribution in [0.3, 0.4) is 0 Å². The van der Waals surface area contributed by atoms with E-state index in [9.17, 15) is 14.7 Å². The van der Waals surface area contributed by atoms with Gasteiger partial charge in [-0.05, 0) is 74.1 Å². The molecule has 0 aliphatic carbocycles. The van der Waals surface area contributed by atoms with Crippen LogP contribution in [0.25, 0.3) is 0 Å². The molecule has 3 aliphatic heterocycles. The highest BCUT2D eigenvalue weighted by molar-refractivity contribution is 6.72. The van der Waals surface area contributed by atoms with Gasteiger partial charge in [0, 0.05) is 35.0 Å². The molecule has 44 heavy (non-hydrogen) atoms. The topological polar surface area (TPSA) is 79.3 Å². The second-order valence-corrected chi connectivity index (χ2v) is 16.0. The fourth-order valence-corrected chi connectivity index (χ4v) is 9.94. The standard InChI is InChI=1S/C35H33FN2O5Si/c1-22-32(44(2,3)36)31(19-20-39)43-35(22)26-21-24(17-18-27(26)38(34(35)41)23-11-5-4-6-12-23)37-28-14-8-10-16-30(28)42-29-15-9-7-13-25(29)33(37)40/h4-18,21-22,31-32,39H,19-20H2,1-3H3/t22-,31+,32-,35+/m1/s1. The van der Waals surface area contributed by atoms with Crippen molar-refractivity contribution in [3.63, 3.8) is 0 Å². The van der Waals surface area contributed by atoms with Crippen LogP contribution in [0, 0.1) is 5.92 Å². The minimum atomic E-state index is -3.37. The molecule has 0 saturated carbocycles. The molecule has 9 heteroatoms. The van der Waals surface area contributed by atoms with Crippen molar-refractivity contribution in [1.29, 1.82) is 0 Å². The van der Waals surface area contributed by atoms with Crippen LogP contribution in [0.5, 0.6) is 11.5 Å². The van der Waals surface area contributed by atoms with Gasteiger partial charge in [-0.15, -0.1) is 0 Å². The lowest BCUT2D eigenvalue weighted by Gasteiger charge is -2.31. The van der Waals surface area contributed by atoms with E-state index >= 15 is 4.11 Å². The number of carbonyl (C=O) groups excluding carboxylic acids is 2. The van der Waals surface area contributed by atoms with Crippen molar-refractivity contribution in [3.8, 4) is 11.5 Å². The van der Waals surface area contributed by atoms with E-state index in [0.717, 1.165) is 0 Å². The molecule has 4 aromatic rings. The number of benzene rings is 4. The molecule has 0 aromatic heterocycles. The smallest absolute Gasteiger partial charge is 0.268 e. The van der Waals surface area contributed by atoms with Gasteiger partial charge in [-0.25, -0.2) is 0 Å². The molecule has 1 N–H and O–H groups in total. The van der Waals surface area contributed by atoms with Crippen LogP contribution in [-0.4, -0.2) is 38.0 Å². The van der Waals surface area contributed by atoms with E-state index in [1.54, 1.807) is 41.1 Å². The average Bonchev–Trinajstić information content (AvgIpc) is 3.39. The Balaban J connectivity index is 1.45. The summed E-state index contributed by atoms with van der Waals surface area (Å²) in [5.41, 5.74) is 1.29. The number of anilines is 4. The number of ether oxygens (including phenoxy) is 2. The first-order chi connectivity index (χ1) is 21.2. The van der Waals surface area contributed by atoms with Crippen LogP contribution in [0.4, 0.5) is 26.9 Å². The van der Waals surface area contributed by atoms with E-state index in [1.165, 1.54) is 0 Å². The third kappa shape index (κ3) is 4.14. The summed E-state index contributed by atoms with van der Waals surface area (Å²) in [4.78, 5) is 32.2. The third-order valence-electron chi connectivity index (χ3n) is 9.19. The van der Waals surface area contributed by atoms with Crippen molar-refractivity contribution in [2.75, 3.05) is 16.4 Å². The summed E-state index contributed by atoms with van der Waals surface area (Å²) >= 11 is 0. The second-order valence-electron chi connectivity index (χ2n) is 12.2. The number of para-hydroxylation sites is 4. The summed E-state index contributed by atoms with van der Waals surface area (Å²) in [6.45, 7) is 4.97. The molecule has 0 radical (unpaired) electrons. The lowest BCUT2D eigenvalue weighted by atomic mass is 9.82. The molecule has 224 valence electrons. The fraction of sp³-hybridized carbons (Fsp3) is 0.257. The van der Waals surface area contributed by atoms with E-state index in [4.69, 9.17) is 9.47 Å². The van der Waals surface area contributed by atoms with Gasteiger partial charge in [0.1, 0.15) is 5.75 Å². The van der Waals surface area contributed by atoms with E-state index in [0.29, 0.717) is 45.4 Å². The lowest BCUT2D eigenvalue weighted by Crippen LogP contribution is -2.44. The summed E-state index contributed by atoms with van der Waals surface area (Å²) in [5, 5.41) is 9.92. The van der Waals surface area contributed by atoms with Gasteiger partial charge in [0.25, 0.3) is 11.8 Å². The minimum absolute atomic E-state index is 0.184. The first-order valence-electron chi connectivity index (χ1n) is 14.9. The van der Waals surface area contributed by atoms with Crippen molar-refractivity contribution in [3.05, 3.63) is 108 Å². The minimum Gasteiger partial charge on any atom is -0.454 e. The highest BCUT2D eigenvalue weighted by Gasteiger charge is 2.67. The number of aliphatic hydroxyl groups excluding tert-OH is 1. The van der Waals surface area contributed by atoms with Crippen molar-refractivity contribution >= 4 is 43.0 Å². The monoisotopic (exact) mass is 608 g/mol. The molecule has 7 nitrogen and oxygen atoms in total. The third-order valence-corrected chi connectivity index (χ3v) is 11.6. The van der Waals surface area contributed by atoms with Crippen LogP contribution in [-0.2, 0) is 15.1 Å². The van der Waals surface area contributed by atoms with E-state index in [1.807, 2.05) is 85.8 Å². The van der Waals surface area contributed by atoms with Gasteiger partial charge < -0.3 is 18.7 Å². The second kappa shape index (κ2) is 10.4. The van der Waals surface area contributed by atoms with Crippen LogP contribution in [0.1, 0.15) is 29.3 Å². The zero-order valence-electron chi connectivity index (χ0n) is 24.7. The molecule has 0 bridgehead atoms. The molecule has 3 heterocycles. The number of carbonyl (C=O) groups is 2. The molecule has 3 aliphatic rings. The van der Waals surface area contributed by atoms with Gasteiger partial charge in [-0.1, -0.05) is 49.4 Å². The Hall–Kier alpha value is -4.31. The largest absolute Gasteiger partial charge is 0.454 e. The molecule has 7 rings (SSSR count). The molecular weight excluding hydrogens is 575 g/mol. The van der Waals surface area contributed by atoms with Crippen LogP contribution < -0.4 is 14.5 Å². The van der Waals surface area contributed by atoms with Crippen LogP contribution in [0.2, 0.25) is 18.6 Å². The number of rotatable bonds is 5. The van der Waals surface area contributed by atoms with E-state index in [-0.39, 0.29) is 24.8 Å². The Labute approximate surface area is 256 Å². The van der Waals surface area contributed by atoms with Crippen molar-refractivity contribution in [2.24, 2.45) is 5.92 Å². The number of halogens is 1. The van der Waals surface area contributed by atoms with Gasteiger partial charge >= 0.3 is 0 Å².